The van der Waals surface area contributed by atoms with Crippen LogP contribution in [0.3, 0.4) is 0 Å². The van der Waals surface area contributed by atoms with Gasteiger partial charge in [0.2, 0.25) is 0 Å². The Morgan fingerprint density at radius 2 is 2.15 bits per heavy atom. The zero-order valence-electron chi connectivity index (χ0n) is 11.3. The topological polar surface area (TPSA) is 68.3 Å². The number of hydrogen-bond acceptors (Lipinski definition) is 3. The van der Waals surface area contributed by atoms with Crippen molar-refractivity contribution in [3.63, 3.8) is 0 Å². The number of aryl methyl sites for hydroxylation is 2. The van der Waals surface area contributed by atoms with E-state index >= 15 is 0 Å². The van der Waals surface area contributed by atoms with E-state index in [4.69, 9.17) is 9.52 Å². The Bertz CT molecular complexity index is 799. The van der Waals surface area contributed by atoms with Crippen LogP contribution in [0.2, 0.25) is 0 Å². The molecule has 5 heteroatoms. The van der Waals surface area contributed by atoms with Crippen molar-refractivity contribution in [1.82, 2.24) is 9.55 Å². The Labute approximate surface area is 115 Å². The van der Waals surface area contributed by atoms with Crippen molar-refractivity contribution in [3.8, 4) is 11.6 Å². The molecule has 0 radical (unpaired) electrons. The highest BCUT2D eigenvalue weighted by Crippen LogP contribution is 2.26. The van der Waals surface area contributed by atoms with E-state index in [1.54, 1.807) is 18.2 Å². The molecule has 0 bridgehead atoms. The van der Waals surface area contributed by atoms with E-state index in [-0.39, 0.29) is 5.56 Å². The van der Waals surface area contributed by atoms with Gasteiger partial charge < -0.3 is 14.1 Å². The van der Waals surface area contributed by atoms with Crippen LogP contribution in [-0.4, -0.2) is 20.6 Å². The molecule has 0 unspecified atom stereocenters. The maximum absolute atomic E-state index is 11.0. The number of aromatic carboxylic acids is 1. The predicted molar refractivity (Wildman–Crippen MR) is 74.8 cm³/mol. The van der Waals surface area contributed by atoms with Gasteiger partial charge in [0, 0.05) is 13.5 Å². The third-order valence-electron chi connectivity index (χ3n) is 3.36. The van der Waals surface area contributed by atoms with E-state index in [0.717, 1.165) is 17.7 Å². The normalized spacial score (nSPS) is 11.1. The third kappa shape index (κ3) is 1.87. The summed E-state index contributed by atoms with van der Waals surface area (Å²) in [6.07, 6.45) is 0.826. The molecule has 0 amide bonds. The molecule has 20 heavy (non-hydrogen) atoms. The second-order valence-corrected chi connectivity index (χ2v) is 4.62. The van der Waals surface area contributed by atoms with Crippen molar-refractivity contribution in [3.05, 3.63) is 41.7 Å². The lowest BCUT2D eigenvalue weighted by Crippen LogP contribution is -1.95. The lowest BCUT2D eigenvalue weighted by molar-refractivity contribution is 0.0697. The quantitative estimate of drug-likeness (QED) is 0.794. The molecule has 0 fully saturated rings. The second kappa shape index (κ2) is 4.52. The predicted octanol–water partition coefficient (Wildman–Crippen LogP) is 3.09. The monoisotopic (exact) mass is 270 g/mol. The van der Waals surface area contributed by atoms with Crippen molar-refractivity contribution in [2.24, 2.45) is 7.05 Å². The molecule has 0 atom stereocenters. The fourth-order valence-corrected chi connectivity index (χ4v) is 2.24. The maximum atomic E-state index is 11.0. The first kappa shape index (κ1) is 12.5. The summed E-state index contributed by atoms with van der Waals surface area (Å²) in [4.78, 5) is 15.5. The summed E-state index contributed by atoms with van der Waals surface area (Å²) in [5.41, 5.74) is 1.76. The largest absolute Gasteiger partial charge is 0.478 e. The average Bonchev–Trinajstić information content (AvgIpc) is 3.03. The number of furan rings is 1. The molecule has 1 aromatic carbocycles. The molecule has 5 nitrogen and oxygen atoms in total. The van der Waals surface area contributed by atoms with Gasteiger partial charge in [0.05, 0.1) is 16.6 Å². The van der Waals surface area contributed by atoms with Gasteiger partial charge in [0.1, 0.15) is 5.76 Å². The Hall–Kier alpha value is -2.56. The maximum Gasteiger partial charge on any atom is 0.335 e. The molecule has 3 aromatic rings. The standard InChI is InChI=1S/C15H14N2O3/c1-3-10-5-7-13(20-10)14-16-11-8-9(15(18)19)4-6-12(11)17(14)2/h4-8H,3H2,1-2H3,(H,18,19). The molecule has 1 N–H and O–H groups in total. The van der Waals surface area contributed by atoms with Gasteiger partial charge in [-0.2, -0.15) is 0 Å². The molecular weight excluding hydrogens is 256 g/mol. The summed E-state index contributed by atoms with van der Waals surface area (Å²) in [7, 11) is 1.89. The van der Waals surface area contributed by atoms with Gasteiger partial charge in [0.15, 0.2) is 11.6 Å². The fraction of sp³-hybridized carbons (Fsp3) is 0.200. The van der Waals surface area contributed by atoms with Crippen molar-refractivity contribution in [1.29, 1.82) is 0 Å². The lowest BCUT2D eigenvalue weighted by Gasteiger charge is -1.99. The minimum absolute atomic E-state index is 0.232. The number of hydrogen-bond donors (Lipinski definition) is 1. The lowest BCUT2D eigenvalue weighted by atomic mass is 10.2. The Kier molecular flexibility index (Phi) is 2.82. The van der Waals surface area contributed by atoms with Gasteiger partial charge in [0.25, 0.3) is 0 Å². The average molecular weight is 270 g/mol. The smallest absolute Gasteiger partial charge is 0.335 e. The van der Waals surface area contributed by atoms with Gasteiger partial charge in [-0.3, -0.25) is 0 Å². The van der Waals surface area contributed by atoms with Crippen LogP contribution in [0.15, 0.2) is 34.7 Å². The molecule has 0 spiro atoms. The molecular formula is C15H14N2O3. The molecule has 0 aliphatic heterocycles. The van der Waals surface area contributed by atoms with Gasteiger partial charge in [-0.05, 0) is 30.3 Å². The summed E-state index contributed by atoms with van der Waals surface area (Å²) in [5, 5.41) is 9.02. The van der Waals surface area contributed by atoms with E-state index in [2.05, 4.69) is 4.98 Å². The highest BCUT2D eigenvalue weighted by molar-refractivity contribution is 5.93. The summed E-state index contributed by atoms with van der Waals surface area (Å²) in [5.74, 6) is 1.34. The first-order chi connectivity index (χ1) is 9.60. The zero-order chi connectivity index (χ0) is 14.3. The Balaban J connectivity index is 2.16. The highest BCUT2D eigenvalue weighted by atomic mass is 16.4. The van der Waals surface area contributed by atoms with Crippen molar-refractivity contribution >= 4 is 17.0 Å². The van der Waals surface area contributed by atoms with Crippen LogP contribution >= 0.6 is 0 Å². The van der Waals surface area contributed by atoms with Crippen LogP contribution in [0, 0.1) is 0 Å². The van der Waals surface area contributed by atoms with E-state index in [0.29, 0.717) is 17.1 Å². The number of fused-ring (bicyclic) bond motifs is 1. The Morgan fingerprint density at radius 1 is 1.35 bits per heavy atom. The number of carbonyl (C=O) groups is 1. The van der Waals surface area contributed by atoms with Crippen LogP contribution in [0.4, 0.5) is 0 Å². The van der Waals surface area contributed by atoms with Gasteiger partial charge >= 0.3 is 5.97 Å². The number of carboxylic acids is 1. The van der Waals surface area contributed by atoms with Crippen LogP contribution in [0.1, 0.15) is 23.0 Å². The number of aromatic nitrogens is 2. The molecule has 0 aliphatic carbocycles. The van der Waals surface area contributed by atoms with Crippen LogP contribution in [0.25, 0.3) is 22.6 Å². The molecule has 0 saturated carbocycles. The molecule has 2 aromatic heterocycles. The molecule has 0 aliphatic rings. The second-order valence-electron chi connectivity index (χ2n) is 4.62. The molecule has 3 rings (SSSR count). The van der Waals surface area contributed by atoms with E-state index in [1.165, 1.54) is 0 Å². The van der Waals surface area contributed by atoms with E-state index in [9.17, 15) is 4.79 Å². The third-order valence-corrected chi connectivity index (χ3v) is 3.36. The zero-order valence-corrected chi connectivity index (χ0v) is 11.3. The van der Waals surface area contributed by atoms with Crippen LogP contribution in [-0.2, 0) is 13.5 Å². The van der Waals surface area contributed by atoms with Gasteiger partial charge in [-0.25, -0.2) is 9.78 Å². The number of imidazole rings is 1. The summed E-state index contributed by atoms with van der Waals surface area (Å²) in [6, 6.07) is 8.73. The number of rotatable bonds is 3. The van der Waals surface area contributed by atoms with Crippen molar-refractivity contribution in [2.75, 3.05) is 0 Å². The highest BCUT2D eigenvalue weighted by Gasteiger charge is 2.14. The molecule has 0 saturated heterocycles. The minimum Gasteiger partial charge on any atom is -0.478 e. The van der Waals surface area contributed by atoms with E-state index < -0.39 is 5.97 Å². The van der Waals surface area contributed by atoms with Crippen molar-refractivity contribution < 1.29 is 14.3 Å². The van der Waals surface area contributed by atoms with E-state index in [1.807, 2.05) is 30.7 Å². The summed E-state index contributed by atoms with van der Waals surface area (Å²) < 4.78 is 7.61. The minimum atomic E-state index is -0.953. The number of nitrogens with zero attached hydrogens (tertiary/aromatic N) is 2. The first-order valence-electron chi connectivity index (χ1n) is 6.39. The first-order valence-corrected chi connectivity index (χ1v) is 6.39. The summed E-state index contributed by atoms with van der Waals surface area (Å²) >= 11 is 0. The SMILES string of the molecule is CCc1ccc(-c2nc3cc(C(=O)O)ccc3n2C)o1. The number of carboxylic acid groups (broad SMARTS) is 1. The number of benzene rings is 1. The molecule has 102 valence electrons. The van der Waals surface area contributed by atoms with Crippen molar-refractivity contribution in [2.45, 2.75) is 13.3 Å². The fourth-order valence-electron chi connectivity index (χ4n) is 2.24. The van der Waals surface area contributed by atoms with Gasteiger partial charge in [-0.15, -0.1) is 0 Å². The van der Waals surface area contributed by atoms with Crippen LogP contribution in [0.5, 0.6) is 0 Å². The Morgan fingerprint density at radius 3 is 2.80 bits per heavy atom. The van der Waals surface area contributed by atoms with Gasteiger partial charge in [-0.1, -0.05) is 6.92 Å². The summed E-state index contributed by atoms with van der Waals surface area (Å²) in [6.45, 7) is 2.02. The molecule has 2 heterocycles. The van der Waals surface area contributed by atoms with Crippen LogP contribution < -0.4 is 0 Å².